The Morgan fingerprint density at radius 3 is 2.24 bits per heavy atom. The molecule has 3 nitrogen and oxygen atoms in total. The molecule has 0 aromatic heterocycles. The number of piperidine rings is 1. The van der Waals surface area contributed by atoms with Crippen LogP contribution in [0.1, 0.15) is 47.5 Å². The van der Waals surface area contributed by atoms with Gasteiger partial charge in [0.25, 0.3) is 0 Å². The maximum absolute atomic E-state index is 11.9. The third kappa shape index (κ3) is 4.66. The fourth-order valence-electron chi connectivity index (χ4n) is 2.32. The van der Waals surface area contributed by atoms with Crippen molar-refractivity contribution >= 4 is 5.91 Å². The summed E-state index contributed by atoms with van der Waals surface area (Å²) in [5, 5.41) is 0. The van der Waals surface area contributed by atoms with Crippen molar-refractivity contribution in [2.45, 2.75) is 53.6 Å². The second kappa shape index (κ2) is 5.85. The van der Waals surface area contributed by atoms with Crippen LogP contribution in [0.2, 0.25) is 0 Å². The summed E-state index contributed by atoms with van der Waals surface area (Å²) in [5.41, 5.74) is 0.365. The van der Waals surface area contributed by atoms with Gasteiger partial charge in [-0.05, 0) is 38.0 Å². The molecule has 0 unspecified atom stereocenters. The van der Waals surface area contributed by atoms with Gasteiger partial charge in [-0.25, -0.2) is 0 Å². The maximum atomic E-state index is 11.9. The summed E-state index contributed by atoms with van der Waals surface area (Å²) in [5.74, 6) is 0.878. The normalized spacial score (nSPS) is 18.8. The van der Waals surface area contributed by atoms with E-state index in [-0.39, 0.29) is 18.6 Å². The van der Waals surface area contributed by atoms with Crippen LogP contribution in [-0.4, -0.2) is 36.6 Å². The number of carbonyl (C=O) groups is 1. The SMILES string of the molecule is CC(C)OCC(=O)N1CCC(C(C)(C)C)CC1. The lowest BCUT2D eigenvalue weighted by Crippen LogP contribution is -2.43. The van der Waals surface area contributed by atoms with Crippen molar-refractivity contribution < 1.29 is 9.53 Å². The zero-order valence-corrected chi connectivity index (χ0v) is 12.0. The van der Waals surface area contributed by atoms with Gasteiger partial charge in [-0.15, -0.1) is 0 Å². The Bertz CT molecular complexity index is 247. The molecule has 0 N–H and O–H groups in total. The third-order valence-corrected chi connectivity index (χ3v) is 3.61. The van der Waals surface area contributed by atoms with E-state index in [0.29, 0.717) is 5.41 Å². The van der Waals surface area contributed by atoms with E-state index >= 15 is 0 Å². The molecule has 0 radical (unpaired) electrons. The molecule has 1 aliphatic heterocycles. The predicted octanol–water partition coefficient (Wildman–Crippen LogP) is 2.70. The molecule has 0 atom stereocenters. The highest BCUT2D eigenvalue weighted by molar-refractivity contribution is 5.77. The van der Waals surface area contributed by atoms with E-state index in [1.165, 1.54) is 0 Å². The maximum Gasteiger partial charge on any atom is 0.248 e. The molecule has 0 aromatic rings. The van der Waals surface area contributed by atoms with Crippen molar-refractivity contribution in [3.63, 3.8) is 0 Å². The second-order valence-corrected chi connectivity index (χ2v) is 6.38. The first-order valence-corrected chi connectivity index (χ1v) is 6.70. The zero-order valence-electron chi connectivity index (χ0n) is 12.0. The van der Waals surface area contributed by atoms with Crippen LogP contribution in [0.25, 0.3) is 0 Å². The lowest BCUT2D eigenvalue weighted by atomic mass is 9.75. The molecule has 0 bridgehead atoms. The van der Waals surface area contributed by atoms with Crippen molar-refractivity contribution in [3.05, 3.63) is 0 Å². The number of hydrogen-bond donors (Lipinski definition) is 0. The van der Waals surface area contributed by atoms with Crippen LogP contribution in [-0.2, 0) is 9.53 Å². The average molecular weight is 241 g/mol. The Kier molecular flexibility index (Phi) is 4.99. The number of likely N-dealkylation sites (tertiary alicyclic amines) is 1. The van der Waals surface area contributed by atoms with Crippen molar-refractivity contribution in [2.24, 2.45) is 11.3 Å². The Labute approximate surface area is 106 Å². The van der Waals surface area contributed by atoms with Crippen LogP contribution < -0.4 is 0 Å². The summed E-state index contributed by atoms with van der Waals surface area (Å²) in [6, 6.07) is 0. The summed E-state index contributed by atoms with van der Waals surface area (Å²) in [6.45, 7) is 12.8. The zero-order chi connectivity index (χ0) is 13.1. The highest BCUT2D eigenvalue weighted by Crippen LogP contribution is 2.34. The summed E-state index contributed by atoms with van der Waals surface area (Å²) in [7, 11) is 0. The fraction of sp³-hybridized carbons (Fsp3) is 0.929. The van der Waals surface area contributed by atoms with Gasteiger partial charge in [-0.2, -0.15) is 0 Å². The molecule has 0 spiro atoms. The van der Waals surface area contributed by atoms with E-state index in [9.17, 15) is 4.79 Å². The van der Waals surface area contributed by atoms with E-state index in [4.69, 9.17) is 4.74 Å². The van der Waals surface area contributed by atoms with Crippen LogP contribution in [0.3, 0.4) is 0 Å². The molecule has 1 saturated heterocycles. The number of hydrogen-bond acceptors (Lipinski definition) is 2. The lowest BCUT2D eigenvalue weighted by molar-refractivity contribution is -0.139. The minimum absolute atomic E-state index is 0.131. The summed E-state index contributed by atoms with van der Waals surface area (Å²) in [6.07, 6.45) is 2.37. The molecule has 1 rings (SSSR count). The molecular formula is C14H27NO2. The molecule has 1 fully saturated rings. The monoisotopic (exact) mass is 241 g/mol. The molecule has 1 amide bonds. The number of rotatable bonds is 3. The summed E-state index contributed by atoms with van der Waals surface area (Å²) >= 11 is 0. The van der Waals surface area contributed by atoms with Crippen LogP contribution >= 0.6 is 0 Å². The van der Waals surface area contributed by atoms with Gasteiger partial charge in [-0.1, -0.05) is 20.8 Å². The van der Waals surface area contributed by atoms with Crippen molar-refractivity contribution in [3.8, 4) is 0 Å². The predicted molar refractivity (Wildman–Crippen MR) is 69.8 cm³/mol. The second-order valence-electron chi connectivity index (χ2n) is 6.38. The van der Waals surface area contributed by atoms with E-state index in [2.05, 4.69) is 20.8 Å². The average Bonchev–Trinajstić information content (AvgIpc) is 2.25. The van der Waals surface area contributed by atoms with Gasteiger partial charge in [0.05, 0.1) is 6.10 Å². The number of carbonyl (C=O) groups excluding carboxylic acids is 1. The van der Waals surface area contributed by atoms with Crippen molar-refractivity contribution in [2.75, 3.05) is 19.7 Å². The standard InChI is InChI=1S/C14H27NO2/c1-11(2)17-10-13(16)15-8-6-12(7-9-15)14(3,4)5/h11-12H,6-10H2,1-5H3. The minimum atomic E-state index is 0.131. The van der Waals surface area contributed by atoms with Gasteiger partial charge in [0.1, 0.15) is 6.61 Å². The Morgan fingerprint density at radius 1 is 1.29 bits per heavy atom. The molecule has 100 valence electrons. The molecule has 0 saturated carbocycles. The Hall–Kier alpha value is -0.570. The molecule has 0 aliphatic carbocycles. The van der Waals surface area contributed by atoms with Gasteiger partial charge in [0.15, 0.2) is 0 Å². The van der Waals surface area contributed by atoms with Crippen molar-refractivity contribution in [1.82, 2.24) is 4.90 Å². The van der Waals surface area contributed by atoms with Gasteiger partial charge >= 0.3 is 0 Å². The van der Waals surface area contributed by atoms with E-state index < -0.39 is 0 Å². The van der Waals surface area contributed by atoms with Gasteiger partial charge in [-0.3, -0.25) is 4.79 Å². The topological polar surface area (TPSA) is 29.5 Å². The summed E-state index contributed by atoms with van der Waals surface area (Å²) in [4.78, 5) is 13.8. The molecule has 1 heterocycles. The Balaban J connectivity index is 2.34. The van der Waals surface area contributed by atoms with Gasteiger partial charge in [0.2, 0.25) is 5.91 Å². The molecule has 3 heteroatoms. The van der Waals surface area contributed by atoms with Crippen LogP contribution in [0, 0.1) is 11.3 Å². The minimum Gasteiger partial charge on any atom is -0.369 e. The lowest BCUT2D eigenvalue weighted by Gasteiger charge is -2.38. The highest BCUT2D eigenvalue weighted by atomic mass is 16.5. The highest BCUT2D eigenvalue weighted by Gasteiger charge is 2.30. The van der Waals surface area contributed by atoms with Gasteiger partial charge < -0.3 is 9.64 Å². The molecule has 0 aromatic carbocycles. The first kappa shape index (κ1) is 14.5. The quantitative estimate of drug-likeness (QED) is 0.760. The van der Waals surface area contributed by atoms with E-state index in [1.807, 2.05) is 18.7 Å². The van der Waals surface area contributed by atoms with Crippen molar-refractivity contribution in [1.29, 1.82) is 0 Å². The van der Waals surface area contributed by atoms with E-state index in [0.717, 1.165) is 31.8 Å². The van der Waals surface area contributed by atoms with Crippen LogP contribution in [0.5, 0.6) is 0 Å². The smallest absolute Gasteiger partial charge is 0.248 e. The molecular weight excluding hydrogens is 214 g/mol. The van der Waals surface area contributed by atoms with E-state index in [1.54, 1.807) is 0 Å². The largest absolute Gasteiger partial charge is 0.369 e. The third-order valence-electron chi connectivity index (χ3n) is 3.61. The van der Waals surface area contributed by atoms with Crippen LogP contribution in [0.4, 0.5) is 0 Å². The molecule has 1 aliphatic rings. The fourth-order valence-corrected chi connectivity index (χ4v) is 2.32. The van der Waals surface area contributed by atoms with Crippen LogP contribution in [0.15, 0.2) is 0 Å². The first-order chi connectivity index (χ1) is 7.80. The van der Waals surface area contributed by atoms with Gasteiger partial charge in [0, 0.05) is 13.1 Å². The molecule has 17 heavy (non-hydrogen) atoms. The summed E-state index contributed by atoms with van der Waals surface area (Å²) < 4.78 is 5.36. The number of nitrogens with zero attached hydrogens (tertiary/aromatic N) is 1. The first-order valence-electron chi connectivity index (χ1n) is 6.70. The number of amides is 1. The number of ether oxygens (including phenoxy) is 1. The Morgan fingerprint density at radius 2 is 1.82 bits per heavy atom.